The molecule has 6 fully saturated rings. The van der Waals surface area contributed by atoms with Gasteiger partial charge in [0.05, 0.1) is 46.4 Å². The summed E-state index contributed by atoms with van der Waals surface area (Å²) in [6, 6.07) is 8.66. The highest BCUT2D eigenvalue weighted by molar-refractivity contribution is 6.04. The number of nitrogens with one attached hydrogen (secondary N) is 1. The van der Waals surface area contributed by atoms with Gasteiger partial charge in [0.1, 0.15) is 35.0 Å². The number of carbonyl (C=O) groups excluding carboxylic acids is 3. The first-order valence-electron chi connectivity index (χ1n) is 28.4. The molecule has 7 aliphatic heterocycles. The van der Waals surface area contributed by atoms with E-state index in [4.69, 9.17) is 30.8 Å². The van der Waals surface area contributed by atoms with Crippen LogP contribution in [0.15, 0.2) is 36.5 Å². The first-order chi connectivity index (χ1) is 38.9. The Bertz CT molecular complexity index is 3340. The molecule has 0 saturated carbocycles. The molecule has 7 aliphatic rings. The average Bonchev–Trinajstić information content (AvgIpc) is 4.18. The van der Waals surface area contributed by atoms with Crippen LogP contribution in [0.1, 0.15) is 106 Å². The van der Waals surface area contributed by atoms with E-state index in [-0.39, 0.29) is 52.6 Å². The number of halogens is 3. The number of piperidine rings is 3. The third-order valence-corrected chi connectivity index (χ3v) is 17.7. The Kier molecular flexibility index (Phi) is 16.2. The molecule has 422 valence electrons. The van der Waals surface area contributed by atoms with Gasteiger partial charge in [-0.1, -0.05) is 30.2 Å². The van der Waals surface area contributed by atoms with Crippen molar-refractivity contribution in [3.63, 3.8) is 0 Å². The van der Waals surface area contributed by atoms with E-state index in [1.165, 1.54) is 17.2 Å². The number of nitrogens with zero attached hydrogens (tertiary/aromatic N) is 10. The quantitative estimate of drug-likeness (QED) is 0.0838. The van der Waals surface area contributed by atoms with E-state index in [9.17, 15) is 18.8 Å². The smallest absolute Gasteiger partial charge is 0.319 e. The summed E-state index contributed by atoms with van der Waals surface area (Å²) >= 11 is 0. The molecular formula is C60H70F3N11O6. The molecule has 4 aromatic heterocycles. The number of aryl methyl sites for hydroxylation is 2. The molecule has 3 amide bonds. The Hall–Kier alpha value is -6.95. The molecule has 0 spiro atoms. The molecule has 80 heavy (non-hydrogen) atoms. The Labute approximate surface area is 463 Å². The number of imide groups is 1. The molecule has 2 unspecified atom stereocenters. The number of methoxy groups -OCH3 is 1. The lowest BCUT2D eigenvalue weighted by molar-refractivity contribution is -0.134. The minimum atomic E-state index is -0.585. The molecule has 6 aromatic rings. The van der Waals surface area contributed by atoms with Crippen LogP contribution in [-0.2, 0) is 37.3 Å². The van der Waals surface area contributed by atoms with Crippen LogP contribution in [0, 0.1) is 41.6 Å². The second-order valence-corrected chi connectivity index (χ2v) is 22.6. The Morgan fingerprint density at radius 2 is 1.61 bits per heavy atom. The van der Waals surface area contributed by atoms with Gasteiger partial charge in [-0.05, 0) is 120 Å². The summed E-state index contributed by atoms with van der Waals surface area (Å²) < 4.78 is 65.5. The first kappa shape index (κ1) is 55.0. The fraction of sp³-hybridized carbons (Fsp3) is 0.533. The number of benzene rings is 2. The number of hydrogen-bond donors (Lipinski definition) is 1. The molecule has 2 aromatic carbocycles. The third kappa shape index (κ3) is 10.6. The molecule has 6 saturated heterocycles. The molecule has 1 N–H and O–H groups in total. The number of terminal acetylenes is 1. The van der Waals surface area contributed by atoms with Gasteiger partial charge in [0.2, 0.25) is 18.2 Å². The Morgan fingerprint density at radius 1 is 0.863 bits per heavy atom. The van der Waals surface area contributed by atoms with Crippen LogP contribution in [-0.4, -0.2) is 149 Å². The van der Waals surface area contributed by atoms with Crippen molar-refractivity contribution in [2.45, 2.75) is 107 Å². The summed E-state index contributed by atoms with van der Waals surface area (Å²) in [7, 11) is 4.92. The number of fused-ring (bicyclic) bond motifs is 5. The van der Waals surface area contributed by atoms with Crippen LogP contribution in [0.5, 0.6) is 6.01 Å². The van der Waals surface area contributed by atoms with Crippen molar-refractivity contribution >= 4 is 62.4 Å². The maximum Gasteiger partial charge on any atom is 0.319 e. The van der Waals surface area contributed by atoms with Crippen molar-refractivity contribution in [1.29, 1.82) is 0 Å². The maximum atomic E-state index is 16.9. The van der Waals surface area contributed by atoms with E-state index < -0.39 is 23.4 Å². The summed E-state index contributed by atoms with van der Waals surface area (Å²) in [5, 5.41) is 9.11. The Morgan fingerprint density at radius 3 is 2.34 bits per heavy atom. The molecule has 13 rings (SSSR count). The number of pyridine rings is 2. The fourth-order valence-corrected chi connectivity index (χ4v) is 13.7. The van der Waals surface area contributed by atoms with Crippen molar-refractivity contribution < 1.29 is 41.8 Å². The molecule has 0 aliphatic carbocycles. The Balaban J connectivity index is 0.000000165. The highest BCUT2D eigenvalue weighted by Crippen LogP contribution is 2.43. The molecule has 2 atom stereocenters. The zero-order valence-corrected chi connectivity index (χ0v) is 46.0. The van der Waals surface area contributed by atoms with Crippen molar-refractivity contribution in [3.05, 3.63) is 70.9 Å². The van der Waals surface area contributed by atoms with Crippen LogP contribution in [0.25, 0.3) is 43.8 Å². The maximum absolute atomic E-state index is 16.9. The zero-order valence-electron chi connectivity index (χ0n) is 46.0. The van der Waals surface area contributed by atoms with Gasteiger partial charge in [-0.15, -0.1) is 6.42 Å². The van der Waals surface area contributed by atoms with Gasteiger partial charge in [0, 0.05) is 89.6 Å². The van der Waals surface area contributed by atoms with Gasteiger partial charge in [-0.2, -0.15) is 15.1 Å². The van der Waals surface area contributed by atoms with Gasteiger partial charge in [0.25, 0.3) is 0 Å². The fourth-order valence-electron chi connectivity index (χ4n) is 13.7. The van der Waals surface area contributed by atoms with E-state index in [0.717, 1.165) is 116 Å². The van der Waals surface area contributed by atoms with E-state index in [1.54, 1.807) is 39.6 Å². The summed E-state index contributed by atoms with van der Waals surface area (Å²) in [6.07, 6.45) is 20.9. The van der Waals surface area contributed by atoms with Crippen molar-refractivity contribution in [2.24, 2.45) is 18.9 Å². The first-order valence-corrected chi connectivity index (χ1v) is 28.4. The van der Waals surface area contributed by atoms with Crippen LogP contribution in [0.3, 0.4) is 0 Å². The standard InChI is InChI=1S/C34H33F2N5O2.C24H31FN6O3.C2H6O/c1-2-23-25(35)11-9-21-7-3-8-24(27(21)23)30-29(36)31-28-26(37-30)12-10-22-19-42-18-6-17-41(22)32(28)39-33(38-31)43-20-34-13-4-15-40(34)16-5-14-34;1-29-22-18(21(28-29)17-2-3-19(33)27-24(17)34)13-26-23(20(22)25)31-10-6-16(7-11-31)12-15-4-8-30(14-32)9-5-15;1-3-2/h1,3,7-9,11,22H,4-6,10,12-20H2;13-17H,2-12H2,1H3,(H,27,33,34);1-2H3. The van der Waals surface area contributed by atoms with Gasteiger partial charge < -0.3 is 28.9 Å². The van der Waals surface area contributed by atoms with Gasteiger partial charge in [-0.25, -0.2) is 23.1 Å². The minimum absolute atomic E-state index is 0.00280. The molecule has 20 heteroatoms. The molecule has 17 nitrogen and oxygen atoms in total. The monoisotopic (exact) mass is 1100 g/mol. The number of ether oxygens (including phenoxy) is 3. The molecule has 0 bridgehead atoms. The van der Waals surface area contributed by atoms with Crippen LogP contribution in [0.4, 0.5) is 24.8 Å². The second kappa shape index (κ2) is 23.6. The number of aromatic nitrogens is 6. The molecule has 11 heterocycles. The minimum Gasteiger partial charge on any atom is -0.461 e. The predicted octanol–water partition coefficient (Wildman–Crippen LogP) is 8.02. The zero-order chi connectivity index (χ0) is 55.7. The topological polar surface area (TPSA) is 173 Å². The third-order valence-electron chi connectivity index (χ3n) is 17.7. The normalized spacial score (nSPS) is 21.4. The van der Waals surface area contributed by atoms with E-state index in [1.807, 2.05) is 21.9 Å². The number of rotatable bonds is 9. The van der Waals surface area contributed by atoms with Gasteiger partial charge >= 0.3 is 6.01 Å². The summed E-state index contributed by atoms with van der Waals surface area (Å²) in [5.74, 6) is 1.97. The van der Waals surface area contributed by atoms with E-state index in [2.05, 4.69) is 35.9 Å². The SMILES string of the molecule is C#Cc1c(F)ccc2cccc(-c3nc4c5c(nc(OCC67CCCN6CCC7)nc5c3F)N3CCCOCC3CC4)c12.COC.Cn1nc(C2CCC(=O)NC2=O)c2cnc(N3CCC(CC4CCN(C=O)CC4)CC3)c(F)c21. The highest BCUT2D eigenvalue weighted by Gasteiger charge is 2.45. The van der Waals surface area contributed by atoms with E-state index in [0.29, 0.717) is 100 Å². The lowest BCUT2D eigenvalue weighted by atomic mass is 9.83. The summed E-state index contributed by atoms with van der Waals surface area (Å²) in [5.41, 5.74) is 2.34. The van der Waals surface area contributed by atoms with Crippen molar-refractivity contribution in [1.82, 2.24) is 44.8 Å². The summed E-state index contributed by atoms with van der Waals surface area (Å²) in [4.78, 5) is 62.5. The van der Waals surface area contributed by atoms with E-state index >= 15 is 8.78 Å². The lowest BCUT2D eigenvalue weighted by Gasteiger charge is -2.36. The van der Waals surface area contributed by atoms with Crippen LogP contribution in [0.2, 0.25) is 0 Å². The molecule has 0 radical (unpaired) electrons. The van der Waals surface area contributed by atoms with Gasteiger partial charge in [-0.3, -0.25) is 29.3 Å². The van der Waals surface area contributed by atoms with Gasteiger partial charge in [0.15, 0.2) is 17.5 Å². The largest absolute Gasteiger partial charge is 0.461 e. The number of hydrogen-bond acceptors (Lipinski definition) is 14. The number of carbonyl (C=O) groups is 3. The van der Waals surface area contributed by atoms with Crippen LogP contribution >= 0.6 is 0 Å². The predicted molar refractivity (Wildman–Crippen MR) is 298 cm³/mol. The molecular weight excluding hydrogens is 1030 g/mol. The highest BCUT2D eigenvalue weighted by atomic mass is 19.1. The number of likely N-dealkylation sites (tertiary alicyclic amines) is 1. The van der Waals surface area contributed by atoms with Crippen molar-refractivity contribution in [3.8, 4) is 29.6 Å². The van der Waals surface area contributed by atoms with Crippen molar-refractivity contribution in [2.75, 3.05) is 89.7 Å². The second-order valence-electron chi connectivity index (χ2n) is 22.6. The number of amides is 3. The number of anilines is 2. The average molecular weight is 1100 g/mol. The van der Waals surface area contributed by atoms with Crippen LogP contribution < -0.4 is 19.9 Å². The lowest BCUT2D eigenvalue weighted by Crippen LogP contribution is -2.43. The summed E-state index contributed by atoms with van der Waals surface area (Å²) in [6.45, 7) is 7.85.